The average Bonchev–Trinajstić information content (AvgIpc) is 3.21. The first-order chi connectivity index (χ1) is 18.2. The van der Waals surface area contributed by atoms with E-state index in [0.29, 0.717) is 31.6 Å². The van der Waals surface area contributed by atoms with Gasteiger partial charge in [-0.3, -0.25) is 19.9 Å². The average molecular weight is 549 g/mol. The molecule has 3 heterocycles. The van der Waals surface area contributed by atoms with Crippen molar-refractivity contribution in [3.05, 3.63) is 59.4 Å². The highest BCUT2D eigenvalue weighted by atomic mass is 32.2. The molecule has 0 spiro atoms. The minimum atomic E-state index is -1.76. The van der Waals surface area contributed by atoms with Crippen LogP contribution in [0.25, 0.3) is 0 Å². The summed E-state index contributed by atoms with van der Waals surface area (Å²) in [6.07, 6.45) is -5.05. The van der Waals surface area contributed by atoms with Gasteiger partial charge < -0.3 is 34.6 Å². The summed E-state index contributed by atoms with van der Waals surface area (Å²) in [5.41, 5.74) is 2.58. The molecule has 6 atom stereocenters. The van der Waals surface area contributed by atoms with Crippen LogP contribution in [0, 0.1) is 0 Å². The van der Waals surface area contributed by atoms with E-state index in [4.69, 9.17) is 19.3 Å². The summed E-state index contributed by atoms with van der Waals surface area (Å²) in [5, 5.41) is 40.2. The van der Waals surface area contributed by atoms with E-state index in [1.807, 2.05) is 36.4 Å². The molecule has 38 heavy (non-hydrogen) atoms. The molecule has 0 radical (unpaired) electrons. The lowest BCUT2D eigenvalue weighted by Crippen LogP contribution is -2.60. The van der Waals surface area contributed by atoms with E-state index >= 15 is 0 Å². The fourth-order valence-corrected chi connectivity index (χ4v) is 4.83. The van der Waals surface area contributed by atoms with Gasteiger partial charge in [-0.25, -0.2) is 4.79 Å². The Kier molecular flexibility index (Phi) is 9.31. The second-order valence-corrected chi connectivity index (χ2v) is 10.0. The van der Waals surface area contributed by atoms with Crippen molar-refractivity contribution in [3.8, 4) is 5.75 Å². The summed E-state index contributed by atoms with van der Waals surface area (Å²) >= 11 is 1.000. The summed E-state index contributed by atoms with van der Waals surface area (Å²) in [4.78, 5) is 38.5. The third-order valence-electron chi connectivity index (χ3n) is 6.11. The van der Waals surface area contributed by atoms with Crippen molar-refractivity contribution in [2.45, 2.75) is 55.2 Å². The van der Waals surface area contributed by atoms with Gasteiger partial charge in [-0.2, -0.15) is 0 Å². The molecule has 2 amide bonds. The number of pyridine rings is 1. The molecule has 5 N–H and O–H groups in total. The summed E-state index contributed by atoms with van der Waals surface area (Å²) < 4.78 is 16.3. The maximum absolute atomic E-state index is 11.7. The number of carbonyl (C=O) groups excluding carboxylic acids is 2. The molecule has 2 aliphatic rings. The number of carboxylic acid groups (broad SMARTS) is 1. The number of carboxylic acids is 1. The molecule has 2 saturated heterocycles. The fraction of sp³-hybridized carbons (Fsp3) is 0.440. The molecule has 13 heteroatoms. The van der Waals surface area contributed by atoms with Crippen molar-refractivity contribution in [1.82, 2.24) is 10.3 Å². The smallest absolute Gasteiger partial charge is 0.335 e. The number of rotatable bonds is 11. The second kappa shape index (κ2) is 12.7. The van der Waals surface area contributed by atoms with Crippen LogP contribution >= 0.6 is 11.8 Å². The normalized spacial score (nSPS) is 27.2. The largest absolute Gasteiger partial charge is 0.493 e. The quantitative estimate of drug-likeness (QED) is 0.255. The van der Waals surface area contributed by atoms with E-state index < -0.39 is 41.9 Å². The Morgan fingerprint density at radius 3 is 2.34 bits per heavy atom. The van der Waals surface area contributed by atoms with E-state index in [1.54, 1.807) is 6.20 Å². The number of aliphatic hydroxyl groups excluding tert-OH is 3. The maximum Gasteiger partial charge on any atom is 0.335 e. The number of aliphatic hydroxyl groups is 3. The molecular formula is C25H28N2O10S. The monoisotopic (exact) mass is 548 g/mol. The number of hydrogen-bond donors (Lipinski definition) is 5. The lowest BCUT2D eigenvalue weighted by Gasteiger charge is -2.38. The Labute approximate surface area is 221 Å². The molecule has 2 aromatic rings. The lowest BCUT2D eigenvalue weighted by atomic mass is 9.99. The van der Waals surface area contributed by atoms with Crippen molar-refractivity contribution in [2.75, 3.05) is 13.2 Å². The Morgan fingerprint density at radius 2 is 1.71 bits per heavy atom. The van der Waals surface area contributed by atoms with E-state index in [1.165, 1.54) is 0 Å². The van der Waals surface area contributed by atoms with Gasteiger partial charge in [0.1, 0.15) is 24.1 Å². The Bertz CT molecular complexity index is 1130. The first-order valence-corrected chi connectivity index (χ1v) is 12.8. The Balaban J connectivity index is 1.17. The second-order valence-electron chi connectivity index (χ2n) is 8.84. The molecule has 0 bridgehead atoms. The van der Waals surface area contributed by atoms with Crippen LogP contribution in [-0.2, 0) is 38.3 Å². The molecule has 204 valence electrons. The van der Waals surface area contributed by atoms with Crippen LogP contribution in [0.3, 0.4) is 0 Å². The molecule has 2 aliphatic heterocycles. The molecule has 2 fully saturated rings. The number of ether oxygens (including phenoxy) is 3. The maximum atomic E-state index is 11.7. The molecular weight excluding hydrogens is 520 g/mol. The Hall–Kier alpha value is -3.07. The number of amides is 2. The highest BCUT2D eigenvalue weighted by Crippen LogP contribution is 2.24. The van der Waals surface area contributed by atoms with E-state index in [2.05, 4.69) is 10.3 Å². The number of aromatic nitrogens is 1. The highest BCUT2D eigenvalue weighted by molar-refractivity contribution is 8.15. The van der Waals surface area contributed by atoms with Gasteiger partial charge in [-0.1, -0.05) is 30.0 Å². The van der Waals surface area contributed by atoms with Gasteiger partial charge in [0, 0.05) is 18.3 Å². The summed E-state index contributed by atoms with van der Waals surface area (Å²) in [6, 6.07) is 11.1. The van der Waals surface area contributed by atoms with Crippen LogP contribution in [0.2, 0.25) is 0 Å². The third kappa shape index (κ3) is 7.07. The number of thioether (sulfide) groups is 1. The van der Waals surface area contributed by atoms with E-state index in [9.17, 15) is 29.7 Å². The summed E-state index contributed by atoms with van der Waals surface area (Å²) in [6.45, 7) is 0.470. The molecule has 1 aromatic carbocycles. The Morgan fingerprint density at radius 1 is 0.974 bits per heavy atom. The topological polar surface area (TPSA) is 185 Å². The lowest BCUT2D eigenvalue weighted by molar-refractivity contribution is -0.293. The number of benzene rings is 1. The van der Waals surface area contributed by atoms with Gasteiger partial charge in [0.05, 0.1) is 18.5 Å². The minimum absolute atomic E-state index is 0.0669. The van der Waals surface area contributed by atoms with Gasteiger partial charge in [-0.15, -0.1) is 0 Å². The zero-order valence-electron chi connectivity index (χ0n) is 20.1. The van der Waals surface area contributed by atoms with Gasteiger partial charge in [0.2, 0.25) is 5.91 Å². The zero-order valence-corrected chi connectivity index (χ0v) is 21.0. The number of nitrogens with one attached hydrogen (secondary N) is 1. The molecule has 0 aliphatic carbocycles. The standard InChI is InChI=1S/C25H28N2O10S/c28-18-19(29)21(23(32)33)37-24(20(18)30)36-9-7-14-1-4-15(26-12-14)8-10-35-16-5-2-13(3-6-16)11-17-22(31)27-25(34)38-17/h1-6,12,17-21,24,28-30H,7-11H2,(H,32,33)(H,27,31,34)/t17?,18-,19-,20-,21?,24+/m0/s1. The number of aliphatic carboxylic acids is 1. The van der Waals surface area contributed by atoms with Crippen LogP contribution in [0.1, 0.15) is 16.8 Å². The van der Waals surface area contributed by atoms with Crippen molar-refractivity contribution in [2.24, 2.45) is 0 Å². The number of carbonyl (C=O) groups is 3. The SMILES string of the molecule is O=C1NC(=O)C(Cc2ccc(OCCc3ccc(CCO[C@@H]4OC(C(=O)O)[C@@H](O)[C@H](O)[C@@H]4O)cn3)cc2)S1. The van der Waals surface area contributed by atoms with Gasteiger partial charge in [-0.05, 0) is 42.2 Å². The zero-order chi connectivity index (χ0) is 27.2. The first kappa shape index (κ1) is 28.0. The molecule has 0 saturated carbocycles. The van der Waals surface area contributed by atoms with E-state index in [0.717, 1.165) is 28.6 Å². The summed E-state index contributed by atoms with van der Waals surface area (Å²) in [5.74, 6) is -1.06. The third-order valence-corrected chi connectivity index (χ3v) is 7.09. The van der Waals surface area contributed by atoms with Gasteiger partial charge >= 0.3 is 5.97 Å². The van der Waals surface area contributed by atoms with Crippen LogP contribution in [0.15, 0.2) is 42.6 Å². The predicted octanol–water partition coefficient (Wildman–Crippen LogP) is 0.0485. The minimum Gasteiger partial charge on any atom is -0.493 e. The first-order valence-electron chi connectivity index (χ1n) is 11.9. The number of nitrogens with zero attached hydrogens (tertiary/aromatic N) is 1. The molecule has 12 nitrogen and oxygen atoms in total. The van der Waals surface area contributed by atoms with E-state index in [-0.39, 0.29) is 17.8 Å². The van der Waals surface area contributed by atoms with Crippen molar-refractivity contribution in [1.29, 1.82) is 0 Å². The molecule has 1 aromatic heterocycles. The van der Waals surface area contributed by atoms with Gasteiger partial charge in [0.15, 0.2) is 12.4 Å². The predicted molar refractivity (Wildman–Crippen MR) is 132 cm³/mol. The van der Waals surface area contributed by atoms with Crippen molar-refractivity contribution < 1.29 is 49.0 Å². The van der Waals surface area contributed by atoms with Crippen molar-refractivity contribution in [3.63, 3.8) is 0 Å². The van der Waals surface area contributed by atoms with Crippen LogP contribution in [0.4, 0.5) is 4.79 Å². The van der Waals surface area contributed by atoms with Crippen LogP contribution < -0.4 is 10.1 Å². The summed E-state index contributed by atoms with van der Waals surface area (Å²) in [7, 11) is 0. The molecule has 4 rings (SSSR count). The van der Waals surface area contributed by atoms with Crippen LogP contribution in [0.5, 0.6) is 5.75 Å². The van der Waals surface area contributed by atoms with Gasteiger partial charge in [0.25, 0.3) is 5.24 Å². The molecule has 2 unspecified atom stereocenters. The fourth-order valence-electron chi connectivity index (χ4n) is 3.97. The number of imide groups is 1. The number of hydrogen-bond acceptors (Lipinski definition) is 11. The van der Waals surface area contributed by atoms with Crippen LogP contribution in [-0.4, -0.2) is 91.7 Å². The van der Waals surface area contributed by atoms with Crippen molar-refractivity contribution >= 4 is 28.9 Å². The highest BCUT2D eigenvalue weighted by Gasteiger charge is 2.47.